The Kier molecular flexibility index (Phi) is 2.64. The Balaban J connectivity index is 1.85. The van der Waals surface area contributed by atoms with E-state index in [9.17, 15) is 4.39 Å². The number of halogens is 1. The van der Waals surface area contributed by atoms with Gasteiger partial charge in [-0.3, -0.25) is 9.78 Å². The molecule has 0 radical (unpaired) electrons. The molecule has 3 rings (SSSR count). The monoisotopic (exact) mass is 242 g/mol. The number of aromatic amines is 1. The Labute approximate surface area is 103 Å². The van der Waals surface area contributed by atoms with Crippen molar-refractivity contribution in [1.82, 2.24) is 20.0 Å². The van der Waals surface area contributed by atoms with Crippen LogP contribution in [0.2, 0.25) is 0 Å². The maximum atomic E-state index is 13.5. The van der Waals surface area contributed by atoms with Crippen molar-refractivity contribution >= 4 is 0 Å². The van der Waals surface area contributed by atoms with Gasteiger partial charge in [0.15, 0.2) is 0 Å². The molecule has 0 aliphatic carbocycles. The Morgan fingerprint density at radius 2 is 2.11 bits per heavy atom. The van der Waals surface area contributed by atoms with Crippen LogP contribution in [0.15, 0.2) is 48.9 Å². The maximum absolute atomic E-state index is 13.5. The molecule has 18 heavy (non-hydrogen) atoms. The molecule has 90 valence electrons. The summed E-state index contributed by atoms with van der Waals surface area (Å²) in [6, 6.07) is 8.57. The fourth-order valence-corrected chi connectivity index (χ4v) is 1.81. The van der Waals surface area contributed by atoms with Crippen molar-refractivity contribution < 1.29 is 4.39 Å². The van der Waals surface area contributed by atoms with E-state index >= 15 is 0 Å². The highest BCUT2D eigenvalue weighted by Gasteiger charge is 2.05. The van der Waals surface area contributed by atoms with Gasteiger partial charge in [-0.25, -0.2) is 4.39 Å². The maximum Gasteiger partial charge on any atom is 0.128 e. The highest BCUT2D eigenvalue weighted by Crippen LogP contribution is 2.15. The molecule has 4 nitrogen and oxygen atoms in total. The number of aromatic nitrogens is 4. The number of benzene rings is 1. The quantitative estimate of drug-likeness (QED) is 0.766. The summed E-state index contributed by atoms with van der Waals surface area (Å²) >= 11 is 0. The van der Waals surface area contributed by atoms with Crippen molar-refractivity contribution in [1.29, 1.82) is 0 Å². The summed E-state index contributed by atoms with van der Waals surface area (Å²) < 4.78 is 15.2. The first kappa shape index (κ1) is 10.7. The van der Waals surface area contributed by atoms with Crippen LogP contribution in [0, 0.1) is 5.82 Å². The predicted octanol–water partition coefficient (Wildman–Crippen LogP) is 2.46. The molecule has 0 spiro atoms. The van der Waals surface area contributed by atoms with Crippen molar-refractivity contribution in [2.75, 3.05) is 0 Å². The number of H-pyrrole nitrogens is 1. The van der Waals surface area contributed by atoms with Gasteiger partial charge in [-0.1, -0.05) is 18.2 Å². The molecule has 0 fully saturated rings. The molecule has 0 bridgehead atoms. The molecule has 0 saturated carbocycles. The molecule has 0 amide bonds. The smallest absolute Gasteiger partial charge is 0.128 e. The molecule has 1 aromatic carbocycles. The zero-order valence-corrected chi connectivity index (χ0v) is 9.55. The predicted molar refractivity (Wildman–Crippen MR) is 65.3 cm³/mol. The largest absolute Gasteiger partial charge is 0.278 e. The van der Waals surface area contributed by atoms with Crippen LogP contribution >= 0.6 is 0 Å². The van der Waals surface area contributed by atoms with Gasteiger partial charge < -0.3 is 0 Å². The molecule has 0 unspecified atom stereocenters. The van der Waals surface area contributed by atoms with E-state index in [-0.39, 0.29) is 5.82 Å². The lowest BCUT2D eigenvalue weighted by Gasteiger charge is -2.02. The summed E-state index contributed by atoms with van der Waals surface area (Å²) in [5, 5.41) is 11.0. The zero-order chi connectivity index (χ0) is 12.4. The third-order valence-electron chi connectivity index (χ3n) is 2.74. The van der Waals surface area contributed by atoms with Crippen LogP contribution in [0.25, 0.3) is 11.3 Å². The van der Waals surface area contributed by atoms with Gasteiger partial charge >= 0.3 is 0 Å². The van der Waals surface area contributed by atoms with Crippen LogP contribution in [0.4, 0.5) is 4.39 Å². The summed E-state index contributed by atoms with van der Waals surface area (Å²) in [5.74, 6) is -0.212. The van der Waals surface area contributed by atoms with Gasteiger partial charge in [-0.2, -0.15) is 10.2 Å². The van der Waals surface area contributed by atoms with Crippen LogP contribution in [0.3, 0.4) is 0 Å². The molecule has 0 aliphatic rings. The van der Waals surface area contributed by atoms with Gasteiger partial charge in [-0.05, 0) is 12.1 Å². The standard InChI is InChI=1S/C13H11FN4/c14-12-4-2-1-3-10(12)8-18-9-11(7-16-18)13-5-6-15-17-13/h1-7,9H,8H2,(H,15,17). The fourth-order valence-electron chi connectivity index (χ4n) is 1.81. The van der Waals surface area contributed by atoms with Crippen molar-refractivity contribution in [2.45, 2.75) is 6.54 Å². The molecule has 0 atom stereocenters. The van der Waals surface area contributed by atoms with Gasteiger partial charge in [0.05, 0.1) is 18.4 Å². The normalized spacial score (nSPS) is 10.7. The Bertz CT molecular complexity index is 643. The van der Waals surface area contributed by atoms with Crippen LogP contribution in [-0.2, 0) is 6.54 Å². The second-order valence-electron chi connectivity index (χ2n) is 3.99. The summed E-state index contributed by atoms with van der Waals surface area (Å²) in [4.78, 5) is 0. The molecule has 3 aromatic rings. The second kappa shape index (κ2) is 4.44. The highest BCUT2D eigenvalue weighted by atomic mass is 19.1. The topological polar surface area (TPSA) is 46.5 Å². The first-order valence-electron chi connectivity index (χ1n) is 5.58. The van der Waals surface area contributed by atoms with Gasteiger partial charge in [0.2, 0.25) is 0 Å². The first-order valence-corrected chi connectivity index (χ1v) is 5.58. The number of rotatable bonds is 3. The number of hydrogen-bond acceptors (Lipinski definition) is 2. The van der Waals surface area contributed by atoms with Gasteiger partial charge in [0.25, 0.3) is 0 Å². The third kappa shape index (κ3) is 2.02. The average Bonchev–Trinajstić information content (AvgIpc) is 3.02. The van der Waals surface area contributed by atoms with Crippen LogP contribution in [-0.4, -0.2) is 20.0 Å². The summed E-state index contributed by atoms with van der Waals surface area (Å²) in [5.41, 5.74) is 2.45. The summed E-state index contributed by atoms with van der Waals surface area (Å²) in [7, 11) is 0. The van der Waals surface area contributed by atoms with Gasteiger partial charge in [-0.15, -0.1) is 0 Å². The molecular weight excluding hydrogens is 231 g/mol. The van der Waals surface area contributed by atoms with E-state index in [0.717, 1.165) is 11.3 Å². The van der Waals surface area contributed by atoms with E-state index in [4.69, 9.17) is 0 Å². The lowest BCUT2D eigenvalue weighted by atomic mass is 10.2. The lowest BCUT2D eigenvalue weighted by Crippen LogP contribution is -2.01. The van der Waals surface area contributed by atoms with E-state index in [2.05, 4.69) is 15.3 Å². The SMILES string of the molecule is Fc1ccccc1Cn1cc(-c2ccn[nH]2)cn1. The van der Waals surface area contributed by atoms with E-state index < -0.39 is 0 Å². The summed E-state index contributed by atoms with van der Waals surface area (Å²) in [6.45, 7) is 0.417. The third-order valence-corrected chi connectivity index (χ3v) is 2.74. The highest BCUT2D eigenvalue weighted by molar-refractivity contribution is 5.55. The minimum atomic E-state index is -0.212. The van der Waals surface area contributed by atoms with Crippen molar-refractivity contribution in [3.05, 3.63) is 60.3 Å². The summed E-state index contributed by atoms with van der Waals surface area (Å²) in [6.07, 6.45) is 5.28. The number of hydrogen-bond donors (Lipinski definition) is 1. The molecule has 2 heterocycles. The molecule has 0 saturated heterocycles. The minimum absolute atomic E-state index is 0.212. The van der Waals surface area contributed by atoms with Crippen molar-refractivity contribution in [2.24, 2.45) is 0 Å². The van der Waals surface area contributed by atoms with Gasteiger partial charge in [0.1, 0.15) is 5.82 Å². The van der Waals surface area contributed by atoms with E-state index in [1.165, 1.54) is 6.07 Å². The van der Waals surface area contributed by atoms with Crippen LogP contribution in [0.5, 0.6) is 0 Å². The zero-order valence-electron chi connectivity index (χ0n) is 9.55. The van der Waals surface area contributed by atoms with Crippen molar-refractivity contribution in [3.8, 4) is 11.3 Å². The van der Waals surface area contributed by atoms with Crippen molar-refractivity contribution in [3.63, 3.8) is 0 Å². The molecule has 2 aromatic heterocycles. The van der Waals surface area contributed by atoms with E-state index in [1.54, 1.807) is 29.2 Å². The van der Waals surface area contributed by atoms with Crippen LogP contribution in [0.1, 0.15) is 5.56 Å². The van der Waals surface area contributed by atoms with Gasteiger partial charge in [0, 0.05) is 23.5 Å². The average molecular weight is 242 g/mol. The molecule has 0 aliphatic heterocycles. The Hall–Kier alpha value is -2.43. The fraction of sp³-hybridized carbons (Fsp3) is 0.0769. The molecule has 1 N–H and O–H groups in total. The van der Waals surface area contributed by atoms with E-state index in [1.807, 2.05) is 18.3 Å². The van der Waals surface area contributed by atoms with E-state index in [0.29, 0.717) is 12.1 Å². The number of nitrogens with zero attached hydrogens (tertiary/aromatic N) is 3. The minimum Gasteiger partial charge on any atom is -0.278 e. The molecule has 5 heteroatoms. The first-order chi connectivity index (χ1) is 8.83. The van der Waals surface area contributed by atoms with Crippen LogP contribution < -0.4 is 0 Å². The Morgan fingerprint density at radius 1 is 1.22 bits per heavy atom. The number of nitrogens with one attached hydrogen (secondary N) is 1. The molecular formula is C13H11FN4. The lowest BCUT2D eigenvalue weighted by molar-refractivity contribution is 0.585. The Morgan fingerprint density at radius 3 is 2.89 bits per heavy atom. The second-order valence-corrected chi connectivity index (χ2v) is 3.99.